The number of aromatic nitrogens is 1. The molecule has 0 saturated carbocycles. The number of esters is 1. The van der Waals surface area contributed by atoms with Crippen molar-refractivity contribution in [3.63, 3.8) is 0 Å². The summed E-state index contributed by atoms with van der Waals surface area (Å²) in [4.78, 5) is 23.8. The number of carbonyl (C=O) groups is 2. The van der Waals surface area contributed by atoms with E-state index in [2.05, 4.69) is 11.4 Å². The topological polar surface area (TPSA) is 82.3 Å². The maximum Gasteiger partial charge on any atom is 0.405 e. The van der Waals surface area contributed by atoms with Gasteiger partial charge in [-0.15, -0.1) is 0 Å². The maximum atomic E-state index is 11.9. The van der Waals surface area contributed by atoms with E-state index in [1.54, 1.807) is 6.07 Å². The van der Waals surface area contributed by atoms with Crippen LogP contribution in [0.1, 0.15) is 49.5 Å². The monoisotopic (exact) mass is 318 g/mol. The fourth-order valence-corrected chi connectivity index (χ4v) is 2.48. The van der Waals surface area contributed by atoms with Crippen molar-refractivity contribution >= 4 is 11.9 Å². The number of ether oxygens (including phenoxy) is 1. The van der Waals surface area contributed by atoms with Crippen LogP contribution < -0.4 is 10.0 Å². The third kappa shape index (κ3) is 5.09. The lowest BCUT2D eigenvalue weighted by atomic mass is 9.97. The van der Waals surface area contributed by atoms with Crippen LogP contribution in [-0.4, -0.2) is 24.5 Å². The van der Waals surface area contributed by atoms with E-state index in [4.69, 9.17) is 4.74 Å². The van der Waals surface area contributed by atoms with Crippen molar-refractivity contribution in [3.8, 4) is 0 Å². The van der Waals surface area contributed by atoms with Gasteiger partial charge in [0.25, 0.3) is 5.91 Å². The van der Waals surface area contributed by atoms with Gasteiger partial charge in [0.15, 0.2) is 12.3 Å². The first-order valence-electron chi connectivity index (χ1n) is 7.92. The van der Waals surface area contributed by atoms with Crippen LogP contribution in [0.5, 0.6) is 0 Å². The Labute approximate surface area is 135 Å². The summed E-state index contributed by atoms with van der Waals surface area (Å²) in [5.41, 5.74) is 1.23. The molecule has 1 atom stereocenters. The van der Waals surface area contributed by atoms with Crippen molar-refractivity contribution in [2.75, 3.05) is 6.54 Å². The zero-order chi connectivity index (χ0) is 16.7. The highest BCUT2D eigenvalue weighted by Crippen LogP contribution is 2.19. The van der Waals surface area contributed by atoms with Crippen LogP contribution in [0.4, 0.5) is 0 Å². The van der Waals surface area contributed by atoms with Gasteiger partial charge in [0.1, 0.15) is 0 Å². The predicted octanol–water partition coefficient (Wildman–Crippen LogP) is 1.87. The van der Waals surface area contributed by atoms with Gasteiger partial charge in [0, 0.05) is 18.7 Å². The molecule has 0 aliphatic heterocycles. The number of hydrogen-bond acceptors (Lipinski definition) is 4. The minimum atomic E-state index is -0.942. The number of nitrogens with zero attached hydrogens (tertiary/aromatic N) is 1. The van der Waals surface area contributed by atoms with E-state index < -0.39 is 12.1 Å². The average Bonchev–Trinajstić information content (AvgIpc) is 2.56. The first-order chi connectivity index (χ1) is 11.1. The summed E-state index contributed by atoms with van der Waals surface area (Å²) >= 11 is 0. The van der Waals surface area contributed by atoms with Gasteiger partial charge in [0.2, 0.25) is 0 Å². The Kier molecular flexibility index (Phi) is 6.14. The first-order valence-corrected chi connectivity index (χ1v) is 7.92. The van der Waals surface area contributed by atoms with Crippen LogP contribution in [0.25, 0.3) is 0 Å². The van der Waals surface area contributed by atoms with E-state index in [0.29, 0.717) is 11.3 Å². The lowest BCUT2D eigenvalue weighted by Gasteiger charge is -2.15. The van der Waals surface area contributed by atoms with E-state index in [0.717, 1.165) is 19.3 Å². The summed E-state index contributed by atoms with van der Waals surface area (Å²) in [5, 5.41) is 14.2. The predicted molar refractivity (Wildman–Crippen MR) is 84.5 cm³/mol. The first kappa shape index (κ1) is 17.0. The van der Waals surface area contributed by atoms with Crippen LogP contribution in [0.3, 0.4) is 0 Å². The number of rotatable bonds is 6. The molecule has 0 fully saturated rings. The molecule has 2 rings (SSSR count). The SMILES string of the molecule is C[C@@H](OC(=O)c1cccc[n+]1[O-])C(=O)NCCC1=CCCCC1. The second-order valence-electron chi connectivity index (χ2n) is 5.61. The Morgan fingerprint density at radius 1 is 1.39 bits per heavy atom. The van der Waals surface area contributed by atoms with Gasteiger partial charge in [-0.2, -0.15) is 4.73 Å². The molecule has 1 heterocycles. The molecule has 1 aliphatic carbocycles. The molecule has 124 valence electrons. The van der Waals surface area contributed by atoms with Crippen molar-refractivity contribution in [3.05, 3.63) is 46.9 Å². The molecule has 1 aromatic rings. The fraction of sp³-hybridized carbons (Fsp3) is 0.471. The van der Waals surface area contributed by atoms with Gasteiger partial charge in [-0.05, 0) is 45.1 Å². The standard InChI is InChI=1S/C17H22N2O4/c1-13(23-17(21)15-9-5-6-12-19(15)22)16(20)18-11-10-14-7-3-2-4-8-14/h5-7,9,12-13H,2-4,8,10-11H2,1H3,(H,18,20)/t13-/m1/s1. The maximum absolute atomic E-state index is 11.9. The zero-order valence-electron chi connectivity index (χ0n) is 13.3. The molecule has 1 aromatic heterocycles. The number of nitrogens with one attached hydrogen (secondary N) is 1. The van der Waals surface area contributed by atoms with E-state index in [1.807, 2.05) is 0 Å². The van der Waals surface area contributed by atoms with Gasteiger partial charge in [-0.1, -0.05) is 11.6 Å². The minimum Gasteiger partial charge on any atom is -0.618 e. The van der Waals surface area contributed by atoms with Crippen molar-refractivity contribution in [2.45, 2.75) is 45.1 Å². The lowest BCUT2D eigenvalue weighted by Crippen LogP contribution is -2.40. The molecule has 0 unspecified atom stereocenters. The molecule has 6 nitrogen and oxygen atoms in total. The van der Waals surface area contributed by atoms with Crippen LogP contribution >= 0.6 is 0 Å². The molecule has 1 N–H and O–H groups in total. The zero-order valence-corrected chi connectivity index (χ0v) is 13.3. The lowest BCUT2D eigenvalue weighted by molar-refractivity contribution is -0.608. The van der Waals surface area contributed by atoms with Crippen LogP contribution in [0.15, 0.2) is 36.0 Å². The van der Waals surface area contributed by atoms with Crippen molar-refractivity contribution < 1.29 is 19.1 Å². The summed E-state index contributed by atoms with van der Waals surface area (Å²) in [5.74, 6) is -1.17. The quantitative estimate of drug-likeness (QED) is 0.376. The molecule has 0 bridgehead atoms. The van der Waals surface area contributed by atoms with Gasteiger partial charge in [0.05, 0.1) is 0 Å². The van der Waals surface area contributed by atoms with Gasteiger partial charge in [-0.25, -0.2) is 4.79 Å². The van der Waals surface area contributed by atoms with E-state index in [-0.39, 0.29) is 11.6 Å². The molecule has 0 spiro atoms. The second kappa shape index (κ2) is 8.31. The normalized spacial score (nSPS) is 15.4. The van der Waals surface area contributed by atoms with E-state index >= 15 is 0 Å². The number of carbonyl (C=O) groups excluding carboxylic acids is 2. The number of amides is 1. The molecule has 1 aliphatic rings. The highest BCUT2D eigenvalue weighted by molar-refractivity contribution is 5.89. The number of pyridine rings is 1. The van der Waals surface area contributed by atoms with E-state index in [1.165, 1.54) is 43.7 Å². The molecular weight excluding hydrogens is 296 g/mol. The summed E-state index contributed by atoms with van der Waals surface area (Å²) in [6, 6.07) is 4.43. The molecule has 1 amide bonds. The summed E-state index contributed by atoms with van der Waals surface area (Å²) in [7, 11) is 0. The average molecular weight is 318 g/mol. The molecule has 0 aromatic carbocycles. The number of hydrogen-bond donors (Lipinski definition) is 1. The Morgan fingerprint density at radius 2 is 2.22 bits per heavy atom. The Bertz CT molecular complexity index is 598. The Hall–Kier alpha value is -2.37. The van der Waals surface area contributed by atoms with Crippen molar-refractivity contribution in [2.24, 2.45) is 0 Å². The smallest absolute Gasteiger partial charge is 0.405 e. The van der Waals surface area contributed by atoms with Crippen LogP contribution in [0, 0.1) is 5.21 Å². The van der Waals surface area contributed by atoms with Crippen LogP contribution in [-0.2, 0) is 9.53 Å². The van der Waals surface area contributed by atoms with E-state index in [9.17, 15) is 14.8 Å². The second-order valence-corrected chi connectivity index (χ2v) is 5.61. The van der Waals surface area contributed by atoms with Crippen molar-refractivity contribution in [1.29, 1.82) is 0 Å². The largest absolute Gasteiger partial charge is 0.618 e. The molecule has 0 saturated heterocycles. The number of allylic oxidation sites excluding steroid dienone is 1. The van der Waals surface area contributed by atoms with Gasteiger partial charge in [-0.3, -0.25) is 4.79 Å². The summed E-state index contributed by atoms with van der Waals surface area (Å²) < 4.78 is 5.45. The highest BCUT2D eigenvalue weighted by Gasteiger charge is 2.23. The van der Waals surface area contributed by atoms with Gasteiger partial charge >= 0.3 is 11.7 Å². The molecule has 23 heavy (non-hydrogen) atoms. The fourth-order valence-electron chi connectivity index (χ4n) is 2.48. The third-order valence-electron chi connectivity index (χ3n) is 3.82. The summed E-state index contributed by atoms with van der Waals surface area (Å²) in [6.45, 7) is 2.02. The molecular formula is C17H22N2O4. The van der Waals surface area contributed by atoms with Crippen LogP contribution in [0.2, 0.25) is 0 Å². The van der Waals surface area contributed by atoms with Crippen molar-refractivity contribution in [1.82, 2.24) is 5.32 Å². The Balaban J connectivity index is 1.77. The third-order valence-corrected chi connectivity index (χ3v) is 3.82. The van der Waals surface area contributed by atoms with Gasteiger partial charge < -0.3 is 15.3 Å². The molecule has 0 radical (unpaired) electrons. The highest BCUT2D eigenvalue weighted by atomic mass is 16.6. The molecule has 6 heteroatoms. The minimum absolute atomic E-state index is 0.139. The Morgan fingerprint density at radius 3 is 2.91 bits per heavy atom. The summed E-state index contributed by atoms with van der Waals surface area (Å²) in [6.07, 6.45) is 7.98.